The van der Waals surface area contributed by atoms with Crippen LogP contribution in [0.15, 0.2) is 29.0 Å². The monoisotopic (exact) mass is 338 g/mol. The van der Waals surface area contributed by atoms with Gasteiger partial charge in [0.1, 0.15) is 19.4 Å². The average Bonchev–Trinajstić information content (AvgIpc) is 2.45. The van der Waals surface area contributed by atoms with Gasteiger partial charge in [0.05, 0.1) is 12.6 Å². The standard InChI is InChI=1S/C18H31N2O2P/c1-17(2,19)12-10-14-11-13-23(20-18(14,3)4)22-16-8-6-15(21-5)7-9-16/h6-9,14,23H,10-13,19H2,1-5H3. The van der Waals surface area contributed by atoms with E-state index in [2.05, 4.69) is 27.7 Å². The molecule has 0 bridgehead atoms. The predicted octanol–water partition coefficient (Wildman–Crippen LogP) is 4.70. The van der Waals surface area contributed by atoms with E-state index < -0.39 is 7.94 Å². The quantitative estimate of drug-likeness (QED) is 0.765. The average molecular weight is 338 g/mol. The van der Waals surface area contributed by atoms with Crippen LogP contribution in [0.25, 0.3) is 0 Å². The minimum Gasteiger partial charge on any atom is -0.497 e. The molecular weight excluding hydrogens is 307 g/mol. The first-order valence-corrected chi connectivity index (χ1v) is 9.95. The van der Waals surface area contributed by atoms with Crippen molar-refractivity contribution in [1.82, 2.24) is 0 Å². The van der Waals surface area contributed by atoms with Crippen molar-refractivity contribution >= 4 is 7.94 Å². The van der Waals surface area contributed by atoms with Crippen LogP contribution in [0.2, 0.25) is 0 Å². The Morgan fingerprint density at radius 3 is 2.39 bits per heavy atom. The molecule has 0 fully saturated rings. The molecule has 0 aliphatic carbocycles. The summed E-state index contributed by atoms with van der Waals surface area (Å²) in [7, 11) is 0.512. The van der Waals surface area contributed by atoms with E-state index in [0.717, 1.165) is 30.5 Å². The molecule has 0 spiro atoms. The fraction of sp³-hybridized carbons (Fsp3) is 0.667. The van der Waals surface area contributed by atoms with Gasteiger partial charge in [0.25, 0.3) is 0 Å². The highest BCUT2D eigenvalue weighted by molar-refractivity contribution is 7.42. The van der Waals surface area contributed by atoms with Crippen LogP contribution < -0.4 is 15.0 Å². The molecule has 0 radical (unpaired) electrons. The van der Waals surface area contributed by atoms with Gasteiger partial charge in [-0.05, 0) is 77.1 Å². The summed E-state index contributed by atoms with van der Waals surface area (Å²) in [6, 6.07) is 7.78. The Balaban J connectivity index is 2.00. The number of nitrogens with two attached hydrogens (primary N) is 1. The van der Waals surface area contributed by atoms with Crippen molar-refractivity contribution in [3.63, 3.8) is 0 Å². The molecule has 0 amide bonds. The van der Waals surface area contributed by atoms with Crippen LogP contribution in [0, 0.1) is 5.92 Å². The van der Waals surface area contributed by atoms with Crippen LogP contribution in [-0.2, 0) is 0 Å². The van der Waals surface area contributed by atoms with Gasteiger partial charge in [0.15, 0.2) is 0 Å². The van der Waals surface area contributed by atoms with E-state index in [0.29, 0.717) is 5.92 Å². The van der Waals surface area contributed by atoms with E-state index >= 15 is 0 Å². The summed E-state index contributed by atoms with van der Waals surface area (Å²) >= 11 is 0. The highest BCUT2D eigenvalue weighted by Crippen LogP contribution is 2.45. The minimum atomic E-state index is -1.16. The summed E-state index contributed by atoms with van der Waals surface area (Å²) in [4.78, 5) is 0. The fourth-order valence-corrected chi connectivity index (χ4v) is 5.11. The third kappa shape index (κ3) is 5.54. The zero-order chi connectivity index (χ0) is 17.1. The molecule has 5 heteroatoms. The van der Waals surface area contributed by atoms with Gasteiger partial charge in [0, 0.05) is 11.7 Å². The molecule has 1 heterocycles. The first-order chi connectivity index (χ1) is 10.7. The Bertz CT molecular complexity index is 547. The normalized spacial score (nSPS) is 23.9. The van der Waals surface area contributed by atoms with Crippen molar-refractivity contribution in [2.75, 3.05) is 13.3 Å². The Kier molecular flexibility index (Phi) is 5.80. The van der Waals surface area contributed by atoms with Crippen molar-refractivity contribution < 1.29 is 9.26 Å². The molecule has 1 aromatic rings. The SMILES string of the molecule is COc1ccc(O[PH]2=NC(C)(C)C(CCC(C)(C)N)CC2)cc1. The van der Waals surface area contributed by atoms with Crippen molar-refractivity contribution in [2.45, 2.75) is 58.0 Å². The molecule has 2 atom stereocenters. The Hall–Kier alpha value is -0.990. The number of hydrogen-bond acceptors (Lipinski definition) is 4. The highest BCUT2D eigenvalue weighted by Gasteiger charge is 2.33. The Morgan fingerprint density at radius 1 is 1.26 bits per heavy atom. The maximum Gasteiger partial charge on any atom is 0.125 e. The number of ether oxygens (including phenoxy) is 1. The molecule has 0 saturated carbocycles. The van der Waals surface area contributed by atoms with Crippen LogP contribution in [0.1, 0.15) is 47.0 Å². The van der Waals surface area contributed by atoms with Gasteiger partial charge in [-0.1, -0.05) is 0 Å². The number of hydrogen-bond donors (Lipinski definition) is 1. The van der Waals surface area contributed by atoms with Crippen molar-refractivity contribution in [3.8, 4) is 11.5 Å². The van der Waals surface area contributed by atoms with Gasteiger partial charge in [-0.3, -0.25) is 4.74 Å². The van der Waals surface area contributed by atoms with Gasteiger partial charge >= 0.3 is 0 Å². The molecule has 130 valence electrons. The van der Waals surface area contributed by atoms with E-state index in [-0.39, 0.29) is 11.1 Å². The molecule has 2 N–H and O–H groups in total. The molecule has 4 nitrogen and oxygen atoms in total. The topological polar surface area (TPSA) is 56.8 Å². The molecule has 23 heavy (non-hydrogen) atoms. The molecule has 1 aromatic carbocycles. The van der Waals surface area contributed by atoms with E-state index in [1.807, 2.05) is 24.3 Å². The number of nitrogens with zero attached hydrogens (tertiary/aromatic N) is 1. The maximum atomic E-state index is 6.14. The van der Waals surface area contributed by atoms with Gasteiger partial charge in [-0.15, -0.1) is 0 Å². The van der Waals surface area contributed by atoms with Gasteiger partial charge in [-0.25, -0.2) is 0 Å². The lowest BCUT2D eigenvalue weighted by Crippen LogP contribution is -2.37. The van der Waals surface area contributed by atoms with Gasteiger partial charge in [-0.2, -0.15) is 0 Å². The smallest absolute Gasteiger partial charge is 0.125 e. The minimum absolute atomic E-state index is 0.0235. The number of rotatable bonds is 6. The summed E-state index contributed by atoms with van der Waals surface area (Å²) in [5.41, 5.74) is 6.02. The second-order valence-corrected chi connectivity index (χ2v) is 9.41. The molecule has 2 unspecified atom stereocenters. The third-order valence-corrected chi connectivity index (χ3v) is 6.56. The second kappa shape index (κ2) is 7.27. The molecule has 0 aromatic heterocycles. The Morgan fingerprint density at radius 2 is 1.87 bits per heavy atom. The molecule has 1 aliphatic rings. The fourth-order valence-electron chi connectivity index (χ4n) is 3.02. The zero-order valence-electron chi connectivity index (χ0n) is 15.1. The lowest BCUT2D eigenvalue weighted by atomic mass is 9.80. The summed E-state index contributed by atoms with van der Waals surface area (Å²) in [6.07, 6.45) is 4.42. The summed E-state index contributed by atoms with van der Waals surface area (Å²) in [5, 5.41) is 0. The summed E-state index contributed by atoms with van der Waals surface area (Å²) < 4.78 is 16.4. The predicted molar refractivity (Wildman–Crippen MR) is 98.9 cm³/mol. The van der Waals surface area contributed by atoms with Crippen molar-refractivity contribution in [2.24, 2.45) is 16.4 Å². The molecule has 1 aliphatic heterocycles. The summed E-state index contributed by atoms with van der Waals surface area (Å²) in [5.74, 6) is 2.33. The van der Waals surface area contributed by atoms with E-state index in [1.54, 1.807) is 7.11 Å². The Labute approximate surface area is 141 Å². The van der Waals surface area contributed by atoms with E-state index in [9.17, 15) is 0 Å². The van der Waals surface area contributed by atoms with Crippen LogP contribution in [0.5, 0.6) is 11.5 Å². The second-order valence-electron chi connectivity index (χ2n) is 7.70. The van der Waals surface area contributed by atoms with E-state index in [4.69, 9.17) is 19.7 Å². The third-order valence-electron chi connectivity index (χ3n) is 4.55. The van der Waals surface area contributed by atoms with Gasteiger partial charge < -0.3 is 15.0 Å². The maximum absolute atomic E-state index is 6.14. The van der Waals surface area contributed by atoms with Crippen LogP contribution in [0.3, 0.4) is 0 Å². The molecule has 0 saturated heterocycles. The number of benzene rings is 1. The van der Waals surface area contributed by atoms with Gasteiger partial charge in [0.2, 0.25) is 0 Å². The molecule has 2 rings (SSSR count). The van der Waals surface area contributed by atoms with Crippen molar-refractivity contribution in [1.29, 1.82) is 0 Å². The van der Waals surface area contributed by atoms with Crippen LogP contribution >= 0.6 is 7.94 Å². The highest BCUT2D eigenvalue weighted by atomic mass is 31.1. The first kappa shape index (κ1) is 18.4. The van der Waals surface area contributed by atoms with E-state index in [1.165, 1.54) is 6.42 Å². The largest absolute Gasteiger partial charge is 0.497 e. The lowest BCUT2D eigenvalue weighted by molar-refractivity contribution is 0.262. The van der Waals surface area contributed by atoms with Crippen molar-refractivity contribution in [3.05, 3.63) is 24.3 Å². The number of methoxy groups -OCH3 is 1. The summed E-state index contributed by atoms with van der Waals surface area (Å²) in [6.45, 7) is 8.68. The first-order valence-electron chi connectivity index (χ1n) is 8.39. The van der Waals surface area contributed by atoms with Crippen LogP contribution in [0.4, 0.5) is 0 Å². The zero-order valence-corrected chi connectivity index (χ0v) is 16.1. The van der Waals surface area contributed by atoms with Crippen LogP contribution in [-0.4, -0.2) is 24.3 Å². The lowest BCUT2D eigenvalue weighted by Gasteiger charge is -2.37. The molecular formula is C18H31N2O2P.